The number of carboxylic acids is 1. The highest BCUT2D eigenvalue weighted by Crippen LogP contribution is 2.40. The molecule has 4 atom stereocenters. The molecule has 5 nitrogen and oxygen atoms in total. The fourth-order valence-corrected chi connectivity index (χ4v) is 3.44. The van der Waals surface area contributed by atoms with Crippen LogP contribution >= 0.6 is 15.9 Å². The number of carbonyl (C=O) groups is 2. The molecule has 0 unspecified atom stereocenters. The molecule has 6 heteroatoms. The minimum Gasteiger partial charge on any atom is -0.481 e. The summed E-state index contributed by atoms with van der Waals surface area (Å²) in [6, 6.07) is 5.56. The highest BCUT2D eigenvalue weighted by Gasteiger charge is 2.53. The van der Waals surface area contributed by atoms with Crippen molar-refractivity contribution in [2.45, 2.75) is 19.1 Å². The third-order valence-corrected chi connectivity index (χ3v) is 4.53. The van der Waals surface area contributed by atoms with Crippen LogP contribution in [0.3, 0.4) is 0 Å². The summed E-state index contributed by atoms with van der Waals surface area (Å²) in [6.07, 6.45) is 2.51. The Balaban J connectivity index is 1.82. The number of hydrogen-bond donors (Lipinski definition) is 2. The number of nitrogens with one attached hydrogen (secondary N) is 1. The van der Waals surface area contributed by atoms with Gasteiger partial charge in [-0.3, -0.25) is 9.59 Å². The molecule has 1 aromatic rings. The van der Waals surface area contributed by atoms with Crippen molar-refractivity contribution in [3.05, 3.63) is 40.4 Å². The van der Waals surface area contributed by atoms with Crippen LogP contribution in [0.1, 0.15) is 5.56 Å². The van der Waals surface area contributed by atoms with E-state index in [0.717, 1.165) is 10.0 Å². The molecule has 2 aliphatic heterocycles. The van der Waals surface area contributed by atoms with E-state index in [2.05, 4.69) is 21.2 Å². The molecular formula is C15H14BrNO4. The molecule has 1 fully saturated rings. The van der Waals surface area contributed by atoms with Crippen LogP contribution < -0.4 is 5.32 Å². The summed E-state index contributed by atoms with van der Waals surface area (Å²) in [6.45, 7) is 1.95. The van der Waals surface area contributed by atoms with Gasteiger partial charge < -0.3 is 15.2 Å². The molecule has 110 valence electrons. The first-order valence-corrected chi connectivity index (χ1v) is 7.40. The number of anilines is 1. The first-order valence-electron chi connectivity index (χ1n) is 6.61. The number of aliphatic carboxylic acids is 1. The van der Waals surface area contributed by atoms with Gasteiger partial charge in [-0.1, -0.05) is 18.2 Å². The average Bonchev–Trinajstić information content (AvgIpc) is 3.02. The second-order valence-corrected chi connectivity index (χ2v) is 6.17. The third kappa shape index (κ3) is 2.49. The maximum atomic E-state index is 12.4. The van der Waals surface area contributed by atoms with E-state index in [0.29, 0.717) is 5.69 Å². The summed E-state index contributed by atoms with van der Waals surface area (Å²) in [5.74, 6) is -2.87. The molecule has 1 aromatic carbocycles. The smallest absolute Gasteiger partial charge is 0.310 e. The predicted molar refractivity (Wildman–Crippen MR) is 79.9 cm³/mol. The molecule has 2 bridgehead atoms. The van der Waals surface area contributed by atoms with E-state index >= 15 is 0 Å². The largest absolute Gasteiger partial charge is 0.481 e. The fraction of sp³-hybridized carbons (Fsp3) is 0.333. The van der Waals surface area contributed by atoms with E-state index in [1.165, 1.54) is 0 Å². The van der Waals surface area contributed by atoms with Crippen LogP contribution in [0.4, 0.5) is 5.69 Å². The van der Waals surface area contributed by atoms with Crippen molar-refractivity contribution in [3.63, 3.8) is 0 Å². The van der Waals surface area contributed by atoms with Crippen molar-refractivity contribution in [3.8, 4) is 0 Å². The van der Waals surface area contributed by atoms with Gasteiger partial charge in [-0.2, -0.15) is 0 Å². The molecule has 0 aliphatic carbocycles. The predicted octanol–water partition coefficient (Wildman–Crippen LogP) is 2.35. The maximum Gasteiger partial charge on any atom is 0.310 e. The Morgan fingerprint density at radius 1 is 1.24 bits per heavy atom. The fourth-order valence-electron chi connectivity index (χ4n) is 2.85. The number of hydrogen-bond acceptors (Lipinski definition) is 3. The van der Waals surface area contributed by atoms with Gasteiger partial charge in [-0.15, -0.1) is 0 Å². The number of benzene rings is 1. The summed E-state index contributed by atoms with van der Waals surface area (Å²) >= 11 is 3.39. The van der Waals surface area contributed by atoms with Gasteiger partial charge in [0.25, 0.3) is 0 Å². The number of amides is 1. The molecule has 0 aromatic heterocycles. The minimum atomic E-state index is -1.00. The Hall–Kier alpha value is -1.66. The zero-order valence-corrected chi connectivity index (χ0v) is 12.8. The van der Waals surface area contributed by atoms with Crippen LogP contribution in [-0.4, -0.2) is 29.2 Å². The maximum absolute atomic E-state index is 12.4. The van der Waals surface area contributed by atoms with E-state index in [-0.39, 0.29) is 5.91 Å². The summed E-state index contributed by atoms with van der Waals surface area (Å²) < 4.78 is 6.27. The number of carbonyl (C=O) groups excluding carboxylic acids is 1. The van der Waals surface area contributed by atoms with Crippen LogP contribution in [0.5, 0.6) is 0 Å². The number of carboxylic acid groups (broad SMARTS) is 1. The normalized spacial score (nSPS) is 29.6. The zero-order valence-electron chi connectivity index (χ0n) is 11.2. The van der Waals surface area contributed by atoms with E-state index in [9.17, 15) is 14.7 Å². The van der Waals surface area contributed by atoms with Crippen molar-refractivity contribution < 1.29 is 19.4 Å². The van der Waals surface area contributed by atoms with Gasteiger partial charge >= 0.3 is 5.97 Å². The summed E-state index contributed by atoms with van der Waals surface area (Å²) in [5.41, 5.74) is 1.69. The topological polar surface area (TPSA) is 75.6 Å². The molecule has 0 spiro atoms. The molecule has 21 heavy (non-hydrogen) atoms. The molecule has 0 radical (unpaired) electrons. The second-order valence-electron chi connectivity index (χ2n) is 5.31. The number of ether oxygens (including phenoxy) is 1. The number of halogens is 1. The zero-order chi connectivity index (χ0) is 15.1. The number of rotatable bonds is 3. The lowest BCUT2D eigenvalue weighted by molar-refractivity contribution is -0.145. The van der Waals surface area contributed by atoms with E-state index in [1.807, 2.05) is 19.1 Å². The van der Waals surface area contributed by atoms with E-state index in [1.54, 1.807) is 18.2 Å². The Bertz CT molecular complexity index is 643. The first-order chi connectivity index (χ1) is 9.97. The minimum absolute atomic E-state index is 0.330. The Morgan fingerprint density at radius 2 is 1.90 bits per heavy atom. The van der Waals surface area contributed by atoms with Gasteiger partial charge in [0.1, 0.15) is 5.92 Å². The average molecular weight is 352 g/mol. The lowest BCUT2D eigenvalue weighted by atomic mass is 9.82. The lowest BCUT2D eigenvalue weighted by Gasteiger charge is -2.21. The van der Waals surface area contributed by atoms with Crippen LogP contribution in [0.25, 0.3) is 0 Å². The Morgan fingerprint density at radius 3 is 2.52 bits per heavy atom. The number of fused-ring (bicyclic) bond motifs is 2. The van der Waals surface area contributed by atoms with Gasteiger partial charge in [-0.25, -0.2) is 0 Å². The number of aryl methyl sites for hydroxylation is 1. The van der Waals surface area contributed by atoms with Gasteiger partial charge in [0.15, 0.2) is 0 Å². The summed E-state index contributed by atoms with van der Waals surface area (Å²) in [7, 11) is 0. The SMILES string of the molecule is Cc1ccc(NC(=O)[C@H]2[C@@H](C(=O)O)[C@H]3C=C[C@H]2O3)c(Br)c1. The highest BCUT2D eigenvalue weighted by atomic mass is 79.9. The Labute approximate surface area is 130 Å². The molecular weight excluding hydrogens is 338 g/mol. The van der Waals surface area contributed by atoms with Crippen molar-refractivity contribution in [1.29, 1.82) is 0 Å². The molecule has 2 aliphatic rings. The van der Waals surface area contributed by atoms with Crippen LogP contribution in [0, 0.1) is 18.8 Å². The van der Waals surface area contributed by atoms with Gasteiger partial charge in [-0.05, 0) is 40.5 Å². The second kappa shape index (κ2) is 5.27. The molecule has 0 saturated carbocycles. The van der Waals surface area contributed by atoms with Gasteiger partial charge in [0, 0.05) is 4.47 Å². The van der Waals surface area contributed by atoms with Crippen molar-refractivity contribution in [2.75, 3.05) is 5.32 Å². The standard InChI is InChI=1S/C15H14BrNO4/c1-7-2-3-9(8(16)6-7)17-14(18)12-10-4-5-11(21-10)13(12)15(19)20/h2-6,10-13H,1H3,(H,17,18)(H,19,20)/t10-,11-,12-,13+/m1/s1. The van der Waals surface area contributed by atoms with Gasteiger partial charge in [0.2, 0.25) is 5.91 Å². The monoisotopic (exact) mass is 351 g/mol. The summed E-state index contributed by atoms with van der Waals surface area (Å²) in [4.78, 5) is 23.8. The Kier molecular flexibility index (Phi) is 3.59. The van der Waals surface area contributed by atoms with E-state index < -0.39 is 30.0 Å². The first kappa shape index (κ1) is 14.3. The van der Waals surface area contributed by atoms with Crippen LogP contribution in [0.2, 0.25) is 0 Å². The van der Waals surface area contributed by atoms with Gasteiger partial charge in [0.05, 0.1) is 23.8 Å². The van der Waals surface area contributed by atoms with E-state index in [4.69, 9.17) is 4.74 Å². The lowest BCUT2D eigenvalue weighted by Crippen LogP contribution is -2.39. The molecule has 1 saturated heterocycles. The summed E-state index contributed by atoms with van der Waals surface area (Å²) in [5, 5.41) is 12.1. The molecule has 2 heterocycles. The van der Waals surface area contributed by atoms with Crippen LogP contribution in [0.15, 0.2) is 34.8 Å². The van der Waals surface area contributed by atoms with Crippen LogP contribution in [-0.2, 0) is 14.3 Å². The molecule has 1 amide bonds. The van der Waals surface area contributed by atoms with Crippen molar-refractivity contribution in [1.82, 2.24) is 0 Å². The van der Waals surface area contributed by atoms with Crippen molar-refractivity contribution >= 4 is 33.5 Å². The molecule has 3 rings (SSSR count). The quantitative estimate of drug-likeness (QED) is 0.819. The van der Waals surface area contributed by atoms with Crippen molar-refractivity contribution in [2.24, 2.45) is 11.8 Å². The third-order valence-electron chi connectivity index (χ3n) is 3.87. The molecule has 2 N–H and O–H groups in total. The highest BCUT2D eigenvalue weighted by molar-refractivity contribution is 9.10.